The number of hydrogen-bond donors (Lipinski definition) is 0. The largest absolute Gasteiger partial charge is 0.268 e. The maximum atomic E-state index is 14.6. The van der Waals surface area contributed by atoms with E-state index in [0.29, 0.717) is 44.3 Å². The number of aromatic nitrogens is 3. The summed E-state index contributed by atoms with van der Waals surface area (Å²) in [5.41, 5.74) is 6.76. The van der Waals surface area contributed by atoms with E-state index in [-0.39, 0.29) is 9.79 Å². The van der Waals surface area contributed by atoms with Crippen molar-refractivity contribution in [2.75, 3.05) is 0 Å². The number of hydrogen-bond acceptors (Lipinski definition) is 5. The molecule has 0 N–H and O–H groups in total. The summed E-state index contributed by atoms with van der Waals surface area (Å²) in [6.07, 6.45) is 3.41. The molecule has 0 spiro atoms. The summed E-state index contributed by atoms with van der Waals surface area (Å²) in [4.78, 5) is 4.89. The van der Waals surface area contributed by atoms with Crippen LogP contribution in [0.1, 0.15) is 11.1 Å². The highest BCUT2D eigenvalue weighted by Gasteiger charge is 2.29. The first-order chi connectivity index (χ1) is 25.2. The molecule has 0 saturated carbocycles. The van der Waals surface area contributed by atoms with Gasteiger partial charge in [0.15, 0.2) is 0 Å². The molecule has 0 atom stereocenters. The predicted molar refractivity (Wildman–Crippen MR) is 209 cm³/mol. The first kappa shape index (κ1) is 31.9. The molecule has 9 rings (SSSR count). The standard InChI is InChI=1S/C43H31N3O4S2/c1-28-17-21-30(22-18-28)51(47,48)45-40-15-5-3-9-33(40)36-12-7-11-35(42(36)45)32-25-26-44-27-39(32)38-14-8-13-37-34-10-4-6-16-41(34)46(43(37)38)52(49,50)31-23-19-29(2)20-24-31/h3-27H,1-2H3. The van der Waals surface area contributed by atoms with Crippen molar-refractivity contribution in [3.63, 3.8) is 0 Å². The maximum Gasteiger partial charge on any atom is 0.268 e. The van der Waals surface area contributed by atoms with E-state index in [0.717, 1.165) is 32.7 Å². The van der Waals surface area contributed by atoms with E-state index in [1.807, 2.05) is 105 Å². The number of para-hydroxylation sites is 4. The molecule has 0 amide bonds. The second-order valence-corrected chi connectivity index (χ2v) is 16.6. The van der Waals surface area contributed by atoms with Gasteiger partial charge in [-0.15, -0.1) is 0 Å². The van der Waals surface area contributed by atoms with Gasteiger partial charge in [0.25, 0.3) is 20.0 Å². The summed E-state index contributed by atoms with van der Waals surface area (Å²) in [7, 11) is -8.14. The van der Waals surface area contributed by atoms with E-state index in [1.54, 1.807) is 60.9 Å². The Morgan fingerprint density at radius 1 is 0.423 bits per heavy atom. The Bertz CT molecular complexity index is 2890. The quantitative estimate of drug-likeness (QED) is 0.171. The summed E-state index contributed by atoms with van der Waals surface area (Å²) < 4.78 is 61.4. The van der Waals surface area contributed by atoms with Gasteiger partial charge in [-0.1, -0.05) is 108 Å². The van der Waals surface area contributed by atoms with Crippen molar-refractivity contribution in [2.24, 2.45) is 0 Å². The summed E-state index contributed by atoms with van der Waals surface area (Å²) in [6.45, 7) is 3.84. The molecule has 0 aliphatic carbocycles. The lowest BCUT2D eigenvalue weighted by Crippen LogP contribution is -2.13. The topological polar surface area (TPSA) is 91.0 Å². The summed E-state index contributed by atoms with van der Waals surface area (Å²) in [5.74, 6) is 0. The van der Waals surface area contributed by atoms with E-state index in [9.17, 15) is 16.8 Å². The zero-order valence-electron chi connectivity index (χ0n) is 28.2. The molecule has 0 bridgehead atoms. The minimum atomic E-state index is -4.07. The van der Waals surface area contributed by atoms with E-state index in [1.165, 1.54) is 7.94 Å². The van der Waals surface area contributed by atoms with Crippen molar-refractivity contribution >= 4 is 63.7 Å². The fourth-order valence-corrected chi connectivity index (χ4v) is 10.5. The van der Waals surface area contributed by atoms with Crippen LogP contribution in [0, 0.1) is 13.8 Å². The fourth-order valence-electron chi connectivity index (χ4n) is 7.37. The van der Waals surface area contributed by atoms with E-state index < -0.39 is 20.0 Å². The van der Waals surface area contributed by atoms with Gasteiger partial charge in [0.1, 0.15) is 0 Å². The van der Waals surface area contributed by atoms with Gasteiger partial charge in [0.05, 0.1) is 31.9 Å². The zero-order valence-corrected chi connectivity index (χ0v) is 29.9. The third-order valence-corrected chi connectivity index (χ3v) is 13.3. The SMILES string of the molecule is Cc1ccc(S(=O)(=O)n2c3ccccc3c3cccc(-c4ccncc4-c4cccc5c6ccccc6n(S(=O)(=O)c6ccc(C)cc6)c45)c32)cc1. The number of nitrogens with zero attached hydrogens (tertiary/aromatic N) is 3. The molecule has 254 valence electrons. The van der Waals surface area contributed by atoms with Crippen LogP contribution in [-0.2, 0) is 20.0 Å². The van der Waals surface area contributed by atoms with Crippen LogP contribution in [0.3, 0.4) is 0 Å². The van der Waals surface area contributed by atoms with Gasteiger partial charge in [-0.25, -0.2) is 24.8 Å². The van der Waals surface area contributed by atoms with Gasteiger partial charge in [-0.2, -0.15) is 0 Å². The highest BCUT2D eigenvalue weighted by molar-refractivity contribution is 7.90. The fraction of sp³-hybridized carbons (Fsp3) is 0.0465. The Morgan fingerprint density at radius 3 is 1.33 bits per heavy atom. The molecule has 3 heterocycles. The van der Waals surface area contributed by atoms with Crippen molar-refractivity contribution in [2.45, 2.75) is 23.6 Å². The molecule has 0 aliphatic heterocycles. The normalized spacial score (nSPS) is 12.3. The number of aryl methyl sites for hydroxylation is 2. The van der Waals surface area contributed by atoms with Crippen molar-refractivity contribution in [3.8, 4) is 22.3 Å². The zero-order chi connectivity index (χ0) is 35.8. The van der Waals surface area contributed by atoms with Gasteiger partial charge in [0.2, 0.25) is 0 Å². The van der Waals surface area contributed by atoms with Gasteiger partial charge in [-0.3, -0.25) is 4.98 Å². The first-order valence-corrected chi connectivity index (χ1v) is 19.7. The average Bonchev–Trinajstić information content (AvgIpc) is 3.70. The minimum absolute atomic E-state index is 0.178. The Labute approximate surface area is 301 Å². The Morgan fingerprint density at radius 2 is 0.846 bits per heavy atom. The number of pyridine rings is 1. The van der Waals surface area contributed by atoms with Gasteiger partial charge < -0.3 is 0 Å². The van der Waals surface area contributed by atoms with Crippen molar-refractivity contribution in [1.82, 2.24) is 12.9 Å². The molecule has 3 aromatic heterocycles. The lowest BCUT2D eigenvalue weighted by Gasteiger charge is -2.16. The molecule has 0 radical (unpaired) electrons. The molecule has 0 saturated heterocycles. The van der Waals surface area contributed by atoms with Crippen molar-refractivity contribution in [3.05, 3.63) is 163 Å². The second kappa shape index (κ2) is 11.8. The van der Waals surface area contributed by atoms with Gasteiger partial charge in [-0.05, 0) is 61.9 Å². The Balaban J connectivity index is 1.38. The summed E-state index contributed by atoms with van der Waals surface area (Å²) >= 11 is 0. The molecule has 0 fully saturated rings. The molecular formula is C43H31N3O4S2. The van der Waals surface area contributed by atoms with Gasteiger partial charge >= 0.3 is 0 Å². The van der Waals surface area contributed by atoms with E-state index in [2.05, 4.69) is 4.98 Å². The molecule has 0 aliphatic rings. The maximum absolute atomic E-state index is 14.6. The van der Waals surface area contributed by atoms with E-state index in [4.69, 9.17) is 0 Å². The lowest BCUT2D eigenvalue weighted by atomic mass is 9.94. The van der Waals surface area contributed by atoms with Crippen LogP contribution in [0.5, 0.6) is 0 Å². The monoisotopic (exact) mass is 717 g/mol. The molecule has 0 unspecified atom stereocenters. The molecule has 9 heteroatoms. The second-order valence-electron chi connectivity index (χ2n) is 13.0. The van der Waals surface area contributed by atoms with Crippen molar-refractivity contribution < 1.29 is 16.8 Å². The van der Waals surface area contributed by atoms with Gasteiger partial charge in [0, 0.05) is 50.6 Å². The number of fused-ring (bicyclic) bond motifs is 6. The van der Waals surface area contributed by atoms with Crippen LogP contribution in [0.2, 0.25) is 0 Å². The highest BCUT2D eigenvalue weighted by Crippen LogP contribution is 2.44. The number of benzene rings is 6. The average molecular weight is 718 g/mol. The van der Waals surface area contributed by atoms with Crippen LogP contribution < -0.4 is 0 Å². The Kier molecular flexibility index (Phi) is 7.22. The lowest BCUT2D eigenvalue weighted by molar-refractivity contribution is 0.588. The first-order valence-electron chi connectivity index (χ1n) is 16.8. The minimum Gasteiger partial charge on any atom is -0.264 e. The molecule has 7 nitrogen and oxygen atoms in total. The predicted octanol–water partition coefficient (Wildman–Crippen LogP) is 9.72. The molecule has 52 heavy (non-hydrogen) atoms. The van der Waals surface area contributed by atoms with Crippen LogP contribution in [0.4, 0.5) is 0 Å². The highest BCUT2D eigenvalue weighted by atomic mass is 32.2. The third kappa shape index (κ3) is 4.73. The molecular weight excluding hydrogens is 687 g/mol. The smallest absolute Gasteiger partial charge is 0.264 e. The Hall–Kier alpha value is -6.03. The summed E-state index contributed by atoms with van der Waals surface area (Å²) in [6, 6.07) is 42.2. The molecule has 6 aromatic carbocycles. The number of rotatable bonds is 6. The van der Waals surface area contributed by atoms with Crippen molar-refractivity contribution in [1.29, 1.82) is 0 Å². The van der Waals surface area contributed by atoms with Crippen LogP contribution in [-0.4, -0.2) is 29.8 Å². The third-order valence-electron chi connectivity index (χ3n) is 9.82. The summed E-state index contributed by atoms with van der Waals surface area (Å²) in [5, 5.41) is 3.15. The van der Waals surface area contributed by atoms with Crippen LogP contribution in [0.15, 0.2) is 162 Å². The van der Waals surface area contributed by atoms with Crippen LogP contribution in [0.25, 0.3) is 65.9 Å². The van der Waals surface area contributed by atoms with E-state index >= 15 is 0 Å². The van der Waals surface area contributed by atoms with Crippen LogP contribution >= 0.6 is 0 Å². The molecule has 9 aromatic rings.